The van der Waals surface area contributed by atoms with E-state index in [9.17, 15) is 0 Å². The van der Waals surface area contributed by atoms with Crippen LogP contribution in [0.15, 0.2) is 0 Å². The van der Waals surface area contributed by atoms with E-state index in [1.54, 1.807) is 0 Å². The van der Waals surface area contributed by atoms with E-state index in [0.29, 0.717) is 16.9 Å². The summed E-state index contributed by atoms with van der Waals surface area (Å²) in [4.78, 5) is 4.79. The van der Waals surface area contributed by atoms with Gasteiger partial charge >= 0.3 is 0 Å². The Labute approximate surface area is 116 Å². The zero-order valence-corrected chi connectivity index (χ0v) is 14.3. The summed E-state index contributed by atoms with van der Waals surface area (Å²) < 4.78 is 0. The Morgan fingerprint density at radius 2 is 1.28 bits per heavy atom. The highest BCUT2D eigenvalue weighted by molar-refractivity contribution is 4.79. The van der Waals surface area contributed by atoms with E-state index >= 15 is 0 Å². The molecule has 110 valence electrons. The Bertz CT molecular complexity index is 226. The lowest BCUT2D eigenvalue weighted by Gasteiger charge is -2.37. The van der Waals surface area contributed by atoms with Crippen LogP contribution < -0.4 is 0 Å². The van der Waals surface area contributed by atoms with Crippen LogP contribution in [0.4, 0.5) is 0 Å². The maximum absolute atomic E-state index is 2.51. The molecule has 0 rings (SSSR count). The van der Waals surface area contributed by atoms with Gasteiger partial charge in [0.2, 0.25) is 0 Å². The Morgan fingerprint density at radius 3 is 1.67 bits per heavy atom. The first kappa shape index (κ1) is 17.9. The van der Waals surface area contributed by atoms with Crippen LogP contribution in [-0.4, -0.2) is 50.1 Å². The van der Waals surface area contributed by atoms with E-state index in [0.717, 1.165) is 0 Å². The molecule has 0 spiro atoms. The topological polar surface area (TPSA) is 6.48 Å². The highest BCUT2D eigenvalue weighted by Gasteiger charge is 2.25. The average molecular weight is 256 g/mol. The second-order valence-electron chi connectivity index (χ2n) is 7.99. The lowest BCUT2D eigenvalue weighted by Crippen LogP contribution is -2.41. The normalized spacial score (nSPS) is 15.5. The number of nitrogens with zero attached hydrogens (tertiary/aromatic N) is 2. The quantitative estimate of drug-likeness (QED) is 0.685. The number of hydrogen-bond acceptors (Lipinski definition) is 2. The van der Waals surface area contributed by atoms with Crippen LogP contribution in [-0.2, 0) is 0 Å². The summed E-state index contributed by atoms with van der Waals surface area (Å²) in [7, 11) is 6.58. The largest absolute Gasteiger partial charge is 0.309 e. The van der Waals surface area contributed by atoms with Gasteiger partial charge in [0, 0.05) is 6.04 Å². The number of hydrogen-bond donors (Lipinski definition) is 0. The third kappa shape index (κ3) is 7.38. The third-order valence-corrected chi connectivity index (χ3v) is 4.29. The fourth-order valence-electron chi connectivity index (χ4n) is 1.99. The summed E-state index contributed by atoms with van der Waals surface area (Å²) in [6.07, 6.45) is 2.55. The molecule has 2 nitrogen and oxygen atoms in total. The summed E-state index contributed by atoms with van der Waals surface area (Å²) in [5, 5.41) is 0. The molecule has 0 amide bonds. The van der Waals surface area contributed by atoms with E-state index < -0.39 is 0 Å². The van der Waals surface area contributed by atoms with Gasteiger partial charge in [-0.2, -0.15) is 0 Å². The summed E-state index contributed by atoms with van der Waals surface area (Å²) in [6, 6.07) is 0.627. The molecule has 0 aliphatic carbocycles. The SMILES string of the molecule is CC(N(C)CCC(C)(C)CCN(C)C)C(C)(C)C. The van der Waals surface area contributed by atoms with Crippen molar-refractivity contribution in [3.63, 3.8) is 0 Å². The summed E-state index contributed by atoms with van der Waals surface area (Å²) >= 11 is 0. The lowest BCUT2D eigenvalue weighted by molar-refractivity contribution is 0.120. The summed E-state index contributed by atoms with van der Waals surface area (Å²) in [6.45, 7) is 16.5. The Morgan fingerprint density at radius 1 is 0.833 bits per heavy atom. The second-order valence-corrected chi connectivity index (χ2v) is 7.99. The molecule has 0 aliphatic rings. The molecule has 1 unspecified atom stereocenters. The highest BCUT2D eigenvalue weighted by Crippen LogP contribution is 2.28. The summed E-state index contributed by atoms with van der Waals surface area (Å²) in [5.74, 6) is 0. The minimum absolute atomic E-state index is 0.364. The molecule has 0 aliphatic heterocycles. The highest BCUT2D eigenvalue weighted by atomic mass is 15.1. The molecule has 1 atom stereocenters. The third-order valence-electron chi connectivity index (χ3n) is 4.29. The van der Waals surface area contributed by atoms with Crippen LogP contribution in [0.5, 0.6) is 0 Å². The fourth-order valence-corrected chi connectivity index (χ4v) is 1.99. The standard InChI is InChI=1S/C16H36N2/c1-14(15(2,3)4)18(9)13-11-16(5,6)10-12-17(7)8/h14H,10-13H2,1-9H3. The predicted octanol–water partition coefficient (Wildman–Crippen LogP) is 3.72. The Balaban J connectivity index is 4.15. The molecule has 2 heteroatoms. The molecular formula is C16H36N2. The molecule has 0 bridgehead atoms. The minimum atomic E-state index is 0.364. The van der Waals surface area contributed by atoms with Gasteiger partial charge in [-0.15, -0.1) is 0 Å². The van der Waals surface area contributed by atoms with Crippen molar-refractivity contribution in [1.82, 2.24) is 9.80 Å². The van der Waals surface area contributed by atoms with Crippen molar-refractivity contribution in [3.8, 4) is 0 Å². The second kappa shape index (κ2) is 6.91. The van der Waals surface area contributed by atoms with Gasteiger partial charge in [-0.25, -0.2) is 0 Å². The molecule has 0 radical (unpaired) electrons. The van der Waals surface area contributed by atoms with E-state index in [1.807, 2.05) is 0 Å². The molecule has 0 fully saturated rings. The number of rotatable bonds is 7. The van der Waals surface area contributed by atoms with Crippen LogP contribution in [0.3, 0.4) is 0 Å². The fraction of sp³-hybridized carbons (Fsp3) is 1.00. The van der Waals surface area contributed by atoms with Crippen LogP contribution >= 0.6 is 0 Å². The van der Waals surface area contributed by atoms with Crippen LogP contribution in [0.2, 0.25) is 0 Å². The van der Waals surface area contributed by atoms with Crippen molar-refractivity contribution in [2.75, 3.05) is 34.2 Å². The Kier molecular flexibility index (Phi) is 6.87. The van der Waals surface area contributed by atoms with Crippen molar-refractivity contribution in [2.24, 2.45) is 10.8 Å². The first-order chi connectivity index (χ1) is 7.96. The van der Waals surface area contributed by atoms with Gasteiger partial charge in [-0.3, -0.25) is 0 Å². The molecule has 18 heavy (non-hydrogen) atoms. The zero-order chi connectivity index (χ0) is 14.6. The average Bonchev–Trinajstić information content (AvgIpc) is 2.21. The smallest absolute Gasteiger partial charge is 0.0112 e. The first-order valence-electron chi connectivity index (χ1n) is 7.31. The van der Waals surface area contributed by atoms with Crippen molar-refractivity contribution < 1.29 is 0 Å². The minimum Gasteiger partial charge on any atom is -0.309 e. The Hall–Kier alpha value is -0.0800. The molecule has 0 aromatic rings. The maximum Gasteiger partial charge on any atom is 0.0112 e. The van der Waals surface area contributed by atoms with Crippen molar-refractivity contribution >= 4 is 0 Å². The molecule has 0 N–H and O–H groups in total. The van der Waals surface area contributed by atoms with Gasteiger partial charge in [0.25, 0.3) is 0 Å². The molecule has 0 saturated heterocycles. The molecule has 0 aromatic carbocycles. The van der Waals surface area contributed by atoms with Gasteiger partial charge < -0.3 is 9.80 Å². The first-order valence-corrected chi connectivity index (χ1v) is 7.31. The van der Waals surface area contributed by atoms with Crippen LogP contribution in [0.25, 0.3) is 0 Å². The molecule has 0 saturated carbocycles. The van der Waals surface area contributed by atoms with Gasteiger partial charge in [0.05, 0.1) is 0 Å². The van der Waals surface area contributed by atoms with Gasteiger partial charge in [0.15, 0.2) is 0 Å². The zero-order valence-electron chi connectivity index (χ0n) is 14.3. The van der Waals surface area contributed by atoms with E-state index in [2.05, 4.69) is 72.5 Å². The van der Waals surface area contributed by atoms with Gasteiger partial charge in [-0.05, 0) is 64.8 Å². The van der Waals surface area contributed by atoms with E-state index in [4.69, 9.17) is 0 Å². The lowest BCUT2D eigenvalue weighted by atomic mass is 9.83. The maximum atomic E-state index is 2.51. The molecule has 0 heterocycles. The van der Waals surface area contributed by atoms with E-state index in [-0.39, 0.29) is 0 Å². The van der Waals surface area contributed by atoms with Crippen molar-refractivity contribution in [2.45, 2.75) is 60.4 Å². The van der Waals surface area contributed by atoms with Gasteiger partial charge in [0.1, 0.15) is 0 Å². The summed E-state index contributed by atoms with van der Waals surface area (Å²) in [5.41, 5.74) is 0.804. The molecule has 0 aromatic heterocycles. The predicted molar refractivity (Wildman–Crippen MR) is 83.1 cm³/mol. The van der Waals surface area contributed by atoms with Gasteiger partial charge in [-0.1, -0.05) is 34.6 Å². The van der Waals surface area contributed by atoms with Crippen molar-refractivity contribution in [3.05, 3.63) is 0 Å². The van der Waals surface area contributed by atoms with E-state index in [1.165, 1.54) is 25.9 Å². The van der Waals surface area contributed by atoms with Crippen LogP contribution in [0.1, 0.15) is 54.4 Å². The van der Waals surface area contributed by atoms with Crippen molar-refractivity contribution in [1.29, 1.82) is 0 Å². The monoisotopic (exact) mass is 256 g/mol. The van der Waals surface area contributed by atoms with Crippen LogP contribution in [0, 0.1) is 10.8 Å². The molecular weight excluding hydrogens is 220 g/mol.